The number of anilines is 2. The number of ether oxygens (including phenoxy) is 1. The van der Waals surface area contributed by atoms with Crippen molar-refractivity contribution in [2.75, 3.05) is 42.3 Å². The average molecular weight is 438 g/mol. The van der Waals surface area contributed by atoms with Gasteiger partial charge >= 0.3 is 0 Å². The number of carbonyl (C=O) groups is 1. The molecular formula is C23H27N5O2S. The molecule has 0 bridgehead atoms. The van der Waals surface area contributed by atoms with Gasteiger partial charge in [0, 0.05) is 18.8 Å². The Kier molecular flexibility index (Phi) is 6.89. The van der Waals surface area contributed by atoms with E-state index in [0.29, 0.717) is 18.4 Å². The number of morpholine rings is 1. The summed E-state index contributed by atoms with van der Waals surface area (Å²) < 4.78 is 7.52. The Labute approximate surface area is 186 Å². The Morgan fingerprint density at radius 2 is 1.90 bits per heavy atom. The molecule has 2 aromatic carbocycles. The minimum Gasteiger partial charge on any atom is -0.378 e. The lowest BCUT2D eigenvalue weighted by Crippen LogP contribution is -2.37. The molecule has 1 amide bonds. The third-order valence-corrected chi connectivity index (χ3v) is 6.08. The minimum absolute atomic E-state index is 0.0686. The molecule has 0 atom stereocenters. The molecular weight excluding hydrogens is 410 g/mol. The van der Waals surface area contributed by atoms with E-state index in [1.807, 2.05) is 41.0 Å². The number of hydrogen-bond donors (Lipinski definition) is 1. The third kappa shape index (κ3) is 5.26. The van der Waals surface area contributed by atoms with Crippen molar-refractivity contribution in [3.05, 3.63) is 59.7 Å². The molecule has 31 heavy (non-hydrogen) atoms. The maximum atomic E-state index is 12.5. The van der Waals surface area contributed by atoms with Crippen LogP contribution in [0.5, 0.6) is 0 Å². The summed E-state index contributed by atoms with van der Waals surface area (Å²) in [6.07, 6.45) is 0.976. The number of nitrogens with zero attached hydrogens (tertiary/aromatic N) is 4. The van der Waals surface area contributed by atoms with Crippen molar-refractivity contribution in [2.45, 2.75) is 25.4 Å². The van der Waals surface area contributed by atoms with Gasteiger partial charge in [-0.1, -0.05) is 43.0 Å². The first-order valence-electron chi connectivity index (χ1n) is 10.5. The van der Waals surface area contributed by atoms with Crippen LogP contribution >= 0.6 is 11.8 Å². The van der Waals surface area contributed by atoms with Gasteiger partial charge in [-0.15, -0.1) is 10.2 Å². The lowest BCUT2D eigenvalue weighted by atomic mass is 10.1. The highest BCUT2D eigenvalue weighted by Gasteiger charge is 2.22. The number of thioether (sulfide) groups is 1. The van der Waals surface area contributed by atoms with Gasteiger partial charge in [-0.25, -0.2) is 0 Å². The van der Waals surface area contributed by atoms with E-state index in [2.05, 4.69) is 46.4 Å². The molecule has 7 nitrogen and oxygen atoms in total. The van der Waals surface area contributed by atoms with Crippen LogP contribution in [0.2, 0.25) is 0 Å². The van der Waals surface area contributed by atoms with Crippen molar-refractivity contribution in [1.29, 1.82) is 0 Å². The lowest BCUT2D eigenvalue weighted by molar-refractivity contribution is -0.113. The van der Waals surface area contributed by atoms with Crippen LogP contribution in [0.4, 0.5) is 11.6 Å². The first kappa shape index (κ1) is 21.4. The van der Waals surface area contributed by atoms with Crippen LogP contribution in [0.1, 0.15) is 18.1 Å². The van der Waals surface area contributed by atoms with Crippen molar-refractivity contribution in [2.24, 2.45) is 0 Å². The van der Waals surface area contributed by atoms with E-state index >= 15 is 0 Å². The van der Waals surface area contributed by atoms with Gasteiger partial charge in [0.1, 0.15) is 0 Å². The fourth-order valence-corrected chi connectivity index (χ4v) is 4.21. The summed E-state index contributed by atoms with van der Waals surface area (Å²) in [5, 5.41) is 12.5. The van der Waals surface area contributed by atoms with Crippen LogP contribution in [-0.2, 0) is 16.0 Å². The van der Waals surface area contributed by atoms with Crippen molar-refractivity contribution >= 4 is 29.3 Å². The van der Waals surface area contributed by atoms with Crippen LogP contribution in [0, 0.1) is 6.92 Å². The van der Waals surface area contributed by atoms with Gasteiger partial charge in [0.15, 0.2) is 5.16 Å². The predicted molar refractivity (Wildman–Crippen MR) is 124 cm³/mol. The summed E-state index contributed by atoms with van der Waals surface area (Å²) in [5.41, 5.74) is 4.19. The molecule has 1 fully saturated rings. The molecule has 0 aliphatic carbocycles. The maximum Gasteiger partial charge on any atom is 0.234 e. The van der Waals surface area contributed by atoms with Crippen molar-refractivity contribution in [3.63, 3.8) is 0 Å². The van der Waals surface area contributed by atoms with Crippen LogP contribution in [0.3, 0.4) is 0 Å². The molecule has 0 radical (unpaired) electrons. The molecule has 2 heterocycles. The Hall–Kier alpha value is -2.84. The van der Waals surface area contributed by atoms with E-state index < -0.39 is 0 Å². The second-order valence-electron chi connectivity index (χ2n) is 7.44. The van der Waals surface area contributed by atoms with E-state index in [0.717, 1.165) is 42.4 Å². The van der Waals surface area contributed by atoms with Crippen LogP contribution in [0.25, 0.3) is 5.69 Å². The van der Waals surface area contributed by atoms with E-state index in [9.17, 15) is 4.79 Å². The first-order valence-corrected chi connectivity index (χ1v) is 11.5. The number of nitrogens with one attached hydrogen (secondary N) is 1. The number of hydrogen-bond acceptors (Lipinski definition) is 6. The highest BCUT2D eigenvalue weighted by molar-refractivity contribution is 7.99. The molecule has 3 aromatic rings. The van der Waals surface area contributed by atoms with E-state index in [1.165, 1.54) is 17.3 Å². The summed E-state index contributed by atoms with van der Waals surface area (Å²) in [7, 11) is 0. The summed E-state index contributed by atoms with van der Waals surface area (Å²) >= 11 is 1.39. The fourth-order valence-electron chi connectivity index (χ4n) is 3.47. The zero-order chi connectivity index (χ0) is 21.6. The monoisotopic (exact) mass is 437 g/mol. The number of benzene rings is 2. The van der Waals surface area contributed by atoms with Gasteiger partial charge in [0.2, 0.25) is 11.9 Å². The zero-order valence-electron chi connectivity index (χ0n) is 17.9. The summed E-state index contributed by atoms with van der Waals surface area (Å²) in [6.45, 7) is 7.04. The molecule has 8 heteroatoms. The molecule has 162 valence electrons. The standard InChI is InChI=1S/C23H27N5O2S/c1-3-18-7-9-19(10-8-18)24-21(29)16-31-23-26-25-22(27-11-13-30-14-12-27)28(23)20-6-4-5-17(2)15-20/h4-10,15H,3,11-14,16H2,1-2H3,(H,24,29). The second-order valence-corrected chi connectivity index (χ2v) is 8.39. The highest BCUT2D eigenvalue weighted by Crippen LogP contribution is 2.27. The number of aryl methyl sites for hydroxylation is 2. The Morgan fingerprint density at radius 1 is 1.13 bits per heavy atom. The van der Waals surface area contributed by atoms with Gasteiger partial charge in [-0.2, -0.15) is 0 Å². The largest absolute Gasteiger partial charge is 0.378 e. The van der Waals surface area contributed by atoms with Crippen LogP contribution in [-0.4, -0.2) is 52.7 Å². The Morgan fingerprint density at radius 3 is 2.61 bits per heavy atom. The second kappa shape index (κ2) is 9.98. The number of rotatable bonds is 7. The summed E-state index contributed by atoms with van der Waals surface area (Å²) in [5.74, 6) is 0.968. The summed E-state index contributed by atoms with van der Waals surface area (Å²) in [4.78, 5) is 14.7. The first-order chi connectivity index (χ1) is 15.1. The average Bonchev–Trinajstić information content (AvgIpc) is 3.23. The molecule has 1 aliphatic rings. The molecule has 1 aromatic heterocycles. The van der Waals surface area contributed by atoms with Gasteiger partial charge < -0.3 is 15.0 Å². The van der Waals surface area contributed by atoms with Gasteiger partial charge in [-0.05, 0) is 48.7 Å². The van der Waals surface area contributed by atoms with E-state index in [4.69, 9.17) is 4.74 Å². The topological polar surface area (TPSA) is 72.3 Å². The quantitative estimate of drug-likeness (QED) is 0.568. The molecule has 1 N–H and O–H groups in total. The minimum atomic E-state index is -0.0686. The van der Waals surface area contributed by atoms with Crippen molar-refractivity contribution in [1.82, 2.24) is 14.8 Å². The normalized spacial score (nSPS) is 13.9. The fraction of sp³-hybridized carbons (Fsp3) is 0.348. The number of carbonyl (C=O) groups excluding carboxylic acids is 1. The molecule has 0 saturated carbocycles. The van der Waals surface area contributed by atoms with Crippen molar-refractivity contribution < 1.29 is 9.53 Å². The van der Waals surface area contributed by atoms with Gasteiger partial charge in [0.05, 0.1) is 24.7 Å². The number of aromatic nitrogens is 3. The zero-order valence-corrected chi connectivity index (χ0v) is 18.7. The molecule has 4 rings (SSSR count). The lowest BCUT2D eigenvalue weighted by Gasteiger charge is -2.28. The maximum absolute atomic E-state index is 12.5. The highest BCUT2D eigenvalue weighted by atomic mass is 32.2. The Balaban J connectivity index is 1.51. The molecule has 1 aliphatic heterocycles. The van der Waals surface area contributed by atoms with Crippen LogP contribution in [0.15, 0.2) is 53.7 Å². The van der Waals surface area contributed by atoms with Crippen molar-refractivity contribution in [3.8, 4) is 5.69 Å². The van der Waals surface area contributed by atoms with E-state index in [-0.39, 0.29) is 11.7 Å². The van der Waals surface area contributed by atoms with Gasteiger partial charge in [0.25, 0.3) is 0 Å². The number of amides is 1. The smallest absolute Gasteiger partial charge is 0.234 e. The van der Waals surface area contributed by atoms with E-state index in [1.54, 1.807) is 0 Å². The molecule has 1 saturated heterocycles. The SMILES string of the molecule is CCc1ccc(NC(=O)CSc2nnc(N3CCOCC3)n2-c2cccc(C)c2)cc1. The predicted octanol–water partition coefficient (Wildman–Crippen LogP) is 3.71. The third-order valence-electron chi connectivity index (χ3n) is 5.15. The molecule has 0 unspecified atom stereocenters. The Bertz CT molecular complexity index is 1030. The summed E-state index contributed by atoms with van der Waals surface area (Å²) in [6, 6.07) is 16.2. The van der Waals surface area contributed by atoms with Gasteiger partial charge in [-0.3, -0.25) is 9.36 Å². The van der Waals surface area contributed by atoms with Crippen LogP contribution < -0.4 is 10.2 Å². The molecule has 0 spiro atoms.